The summed E-state index contributed by atoms with van der Waals surface area (Å²) in [5, 5.41) is 0.857. The lowest BCUT2D eigenvalue weighted by molar-refractivity contribution is 0.0215. The van der Waals surface area contributed by atoms with Crippen molar-refractivity contribution in [3.05, 3.63) is 23.9 Å². The summed E-state index contributed by atoms with van der Waals surface area (Å²) in [7, 11) is 2.08. The second kappa shape index (κ2) is 6.36. The predicted molar refractivity (Wildman–Crippen MR) is 73.7 cm³/mol. The molecule has 94 valence electrons. The number of aromatic nitrogens is 1. The van der Waals surface area contributed by atoms with Gasteiger partial charge in [0.1, 0.15) is 5.82 Å². The van der Waals surface area contributed by atoms with Crippen LogP contribution in [0.3, 0.4) is 0 Å². The average molecular weight is 299 g/mol. The van der Waals surface area contributed by atoms with Gasteiger partial charge in [-0.15, -0.1) is 0 Å². The number of hydrogen-bond donors (Lipinski definition) is 0. The van der Waals surface area contributed by atoms with E-state index in [1.807, 2.05) is 6.20 Å². The molecular formula is C13H19BrN2O. The first-order valence-corrected chi connectivity index (χ1v) is 7.25. The Balaban J connectivity index is 1.91. The van der Waals surface area contributed by atoms with Gasteiger partial charge in [0.15, 0.2) is 0 Å². The normalized spacial score (nSPS) is 20.2. The molecule has 1 unspecified atom stereocenters. The van der Waals surface area contributed by atoms with E-state index in [0.717, 1.165) is 24.3 Å². The molecule has 0 bridgehead atoms. The third-order valence-electron chi connectivity index (χ3n) is 3.11. The van der Waals surface area contributed by atoms with Crippen molar-refractivity contribution in [2.45, 2.75) is 30.7 Å². The molecule has 0 radical (unpaired) electrons. The number of likely N-dealkylation sites (N-methyl/N-ethyl adjacent to an activating group) is 1. The molecule has 0 N–H and O–H groups in total. The molecule has 1 saturated heterocycles. The zero-order valence-electron chi connectivity index (χ0n) is 10.2. The molecule has 1 aliphatic heterocycles. The average Bonchev–Trinajstić information content (AvgIpc) is 2.40. The molecule has 4 heteroatoms. The van der Waals surface area contributed by atoms with Gasteiger partial charge < -0.3 is 9.64 Å². The van der Waals surface area contributed by atoms with Crippen LogP contribution >= 0.6 is 15.9 Å². The van der Waals surface area contributed by atoms with Gasteiger partial charge in [0.25, 0.3) is 0 Å². The van der Waals surface area contributed by atoms with Gasteiger partial charge in [-0.05, 0) is 30.9 Å². The first kappa shape index (κ1) is 12.8. The van der Waals surface area contributed by atoms with Crippen LogP contribution in [-0.2, 0) is 10.1 Å². The van der Waals surface area contributed by atoms with Gasteiger partial charge in [-0.2, -0.15) is 0 Å². The molecule has 0 saturated carbocycles. The first-order chi connectivity index (χ1) is 8.29. The van der Waals surface area contributed by atoms with Crippen molar-refractivity contribution in [2.24, 2.45) is 0 Å². The Bertz CT molecular complexity index is 336. The third-order valence-corrected chi connectivity index (χ3v) is 3.75. The number of halogens is 1. The molecule has 1 aromatic rings. The number of rotatable bonds is 4. The quantitative estimate of drug-likeness (QED) is 0.799. The fourth-order valence-corrected chi connectivity index (χ4v) is 2.40. The van der Waals surface area contributed by atoms with Gasteiger partial charge in [-0.25, -0.2) is 4.98 Å². The van der Waals surface area contributed by atoms with Crippen molar-refractivity contribution in [1.29, 1.82) is 0 Å². The molecule has 1 fully saturated rings. The molecule has 1 aliphatic rings. The molecule has 0 amide bonds. The van der Waals surface area contributed by atoms with Crippen LogP contribution in [0, 0.1) is 0 Å². The monoisotopic (exact) mass is 298 g/mol. The van der Waals surface area contributed by atoms with Gasteiger partial charge in [-0.1, -0.05) is 22.0 Å². The lowest BCUT2D eigenvalue weighted by Crippen LogP contribution is -2.33. The lowest BCUT2D eigenvalue weighted by Gasteiger charge is -2.28. The molecule has 0 aromatic carbocycles. The minimum absolute atomic E-state index is 0.367. The fourth-order valence-electron chi connectivity index (χ4n) is 2.07. The highest BCUT2D eigenvalue weighted by atomic mass is 79.9. The largest absolute Gasteiger partial charge is 0.376 e. The summed E-state index contributed by atoms with van der Waals surface area (Å²) in [6.07, 6.45) is 5.95. The van der Waals surface area contributed by atoms with Crippen LogP contribution in [0.15, 0.2) is 18.3 Å². The number of anilines is 1. The maximum Gasteiger partial charge on any atom is 0.128 e. The number of alkyl halides is 1. The highest BCUT2D eigenvalue weighted by Crippen LogP contribution is 2.17. The predicted octanol–water partition coefficient (Wildman–Crippen LogP) is 2.98. The Kier molecular flexibility index (Phi) is 4.80. The van der Waals surface area contributed by atoms with E-state index in [0.29, 0.717) is 6.10 Å². The zero-order chi connectivity index (χ0) is 12.1. The zero-order valence-corrected chi connectivity index (χ0v) is 11.8. The highest BCUT2D eigenvalue weighted by Gasteiger charge is 2.16. The summed E-state index contributed by atoms with van der Waals surface area (Å²) in [6, 6.07) is 4.18. The van der Waals surface area contributed by atoms with Crippen LogP contribution in [0.5, 0.6) is 0 Å². The van der Waals surface area contributed by atoms with Crippen molar-refractivity contribution < 1.29 is 4.74 Å². The minimum Gasteiger partial charge on any atom is -0.376 e. The van der Waals surface area contributed by atoms with Crippen LogP contribution in [-0.4, -0.2) is 31.3 Å². The maximum absolute atomic E-state index is 5.74. The smallest absolute Gasteiger partial charge is 0.128 e. The lowest BCUT2D eigenvalue weighted by atomic mass is 10.1. The van der Waals surface area contributed by atoms with Crippen LogP contribution in [0.1, 0.15) is 24.8 Å². The van der Waals surface area contributed by atoms with E-state index in [-0.39, 0.29) is 0 Å². The Morgan fingerprint density at radius 3 is 2.94 bits per heavy atom. The molecule has 0 aliphatic carbocycles. The molecule has 2 rings (SSSR count). The molecular weight excluding hydrogens is 280 g/mol. The summed E-state index contributed by atoms with van der Waals surface area (Å²) in [5.74, 6) is 1.02. The van der Waals surface area contributed by atoms with E-state index in [4.69, 9.17) is 4.74 Å². The standard InChI is InChI=1S/C13H19BrN2O/c1-16(10-12-4-2-3-7-17-12)13-6-5-11(8-14)9-15-13/h5-6,9,12H,2-4,7-8,10H2,1H3. The van der Waals surface area contributed by atoms with E-state index < -0.39 is 0 Å². The van der Waals surface area contributed by atoms with Gasteiger partial charge in [0.2, 0.25) is 0 Å². The van der Waals surface area contributed by atoms with Gasteiger partial charge in [0, 0.05) is 31.7 Å². The third kappa shape index (κ3) is 3.68. The summed E-state index contributed by atoms with van der Waals surface area (Å²) in [5.41, 5.74) is 1.20. The van der Waals surface area contributed by atoms with E-state index in [2.05, 4.69) is 45.0 Å². The number of pyridine rings is 1. The molecule has 0 spiro atoms. The molecule has 17 heavy (non-hydrogen) atoms. The van der Waals surface area contributed by atoms with Crippen LogP contribution < -0.4 is 4.90 Å². The summed E-state index contributed by atoms with van der Waals surface area (Å²) < 4.78 is 5.74. The van der Waals surface area contributed by atoms with Crippen molar-refractivity contribution in [1.82, 2.24) is 4.98 Å². The van der Waals surface area contributed by atoms with Gasteiger partial charge in [0.05, 0.1) is 6.10 Å². The maximum atomic E-state index is 5.74. The second-order valence-electron chi connectivity index (χ2n) is 4.53. The van der Waals surface area contributed by atoms with E-state index in [1.165, 1.54) is 24.8 Å². The number of hydrogen-bond acceptors (Lipinski definition) is 3. The summed E-state index contributed by atoms with van der Waals surface area (Å²) >= 11 is 3.43. The van der Waals surface area contributed by atoms with Crippen molar-refractivity contribution in [3.63, 3.8) is 0 Å². The molecule has 3 nitrogen and oxygen atoms in total. The highest BCUT2D eigenvalue weighted by molar-refractivity contribution is 9.08. The van der Waals surface area contributed by atoms with Crippen molar-refractivity contribution >= 4 is 21.7 Å². The molecule has 2 heterocycles. The second-order valence-corrected chi connectivity index (χ2v) is 5.09. The number of ether oxygens (including phenoxy) is 1. The van der Waals surface area contributed by atoms with E-state index in [9.17, 15) is 0 Å². The summed E-state index contributed by atoms with van der Waals surface area (Å²) in [4.78, 5) is 6.63. The van der Waals surface area contributed by atoms with E-state index in [1.54, 1.807) is 0 Å². The fraction of sp³-hybridized carbons (Fsp3) is 0.615. The Labute approximate surface area is 111 Å². The van der Waals surface area contributed by atoms with Gasteiger partial charge >= 0.3 is 0 Å². The topological polar surface area (TPSA) is 25.4 Å². The van der Waals surface area contributed by atoms with Crippen molar-refractivity contribution in [2.75, 3.05) is 25.1 Å². The van der Waals surface area contributed by atoms with Crippen LogP contribution in [0.2, 0.25) is 0 Å². The Morgan fingerprint density at radius 2 is 2.35 bits per heavy atom. The minimum atomic E-state index is 0.367. The Hall–Kier alpha value is -0.610. The van der Waals surface area contributed by atoms with E-state index >= 15 is 0 Å². The van der Waals surface area contributed by atoms with Crippen molar-refractivity contribution in [3.8, 4) is 0 Å². The Morgan fingerprint density at radius 1 is 1.47 bits per heavy atom. The van der Waals surface area contributed by atoms with Crippen LogP contribution in [0.25, 0.3) is 0 Å². The first-order valence-electron chi connectivity index (χ1n) is 6.13. The van der Waals surface area contributed by atoms with Crippen LogP contribution in [0.4, 0.5) is 5.82 Å². The van der Waals surface area contributed by atoms with Gasteiger partial charge in [-0.3, -0.25) is 0 Å². The number of nitrogens with zero attached hydrogens (tertiary/aromatic N) is 2. The molecule has 1 atom stereocenters. The SMILES string of the molecule is CN(CC1CCCCO1)c1ccc(CBr)cn1. The molecule has 1 aromatic heterocycles. The summed E-state index contributed by atoms with van der Waals surface area (Å²) in [6.45, 7) is 1.84.